The van der Waals surface area contributed by atoms with E-state index in [1.165, 1.54) is 5.56 Å². The highest BCUT2D eigenvalue weighted by molar-refractivity contribution is 5.19. The van der Waals surface area contributed by atoms with Gasteiger partial charge in [0.2, 0.25) is 0 Å². The van der Waals surface area contributed by atoms with Crippen molar-refractivity contribution in [3.63, 3.8) is 0 Å². The first-order valence-electron chi connectivity index (χ1n) is 6.37. The van der Waals surface area contributed by atoms with Crippen LogP contribution in [0, 0.1) is 0 Å². The summed E-state index contributed by atoms with van der Waals surface area (Å²) < 4.78 is 0. The largest absolute Gasteiger partial charge is 0.393 e. The second kappa shape index (κ2) is 6.31. The van der Waals surface area contributed by atoms with Crippen molar-refractivity contribution in [2.45, 2.75) is 31.8 Å². The van der Waals surface area contributed by atoms with E-state index in [-0.39, 0.29) is 6.10 Å². The van der Waals surface area contributed by atoms with Gasteiger partial charge in [0.1, 0.15) is 0 Å². The first-order valence-corrected chi connectivity index (χ1v) is 6.37. The van der Waals surface area contributed by atoms with Gasteiger partial charge in [-0.05, 0) is 36.0 Å². The molecule has 2 heteroatoms. The minimum atomic E-state index is -0.315. The molecular formula is C16H19NO. The summed E-state index contributed by atoms with van der Waals surface area (Å²) in [5.41, 5.74) is 2.37. The Morgan fingerprint density at radius 3 is 2.56 bits per heavy atom. The Morgan fingerprint density at radius 1 is 1.11 bits per heavy atom. The van der Waals surface area contributed by atoms with Crippen molar-refractivity contribution in [2.24, 2.45) is 0 Å². The molecule has 0 saturated heterocycles. The van der Waals surface area contributed by atoms with E-state index in [0.29, 0.717) is 12.3 Å². The summed E-state index contributed by atoms with van der Waals surface area (Å²) in [6.07, 6.45) is 4.70. The van der Waals surface area contributed by atoms with Crippen molar-refractivity contribution >= 4 is 0 Å². The molecule has 2 nitrogen and oxygen atoms in total. The molecule has 2 aromatic rings. The van der Waals surface area contributed by atoms with Crippen molar-refractivity contribution in [2.75, 3.05) is 0 Å². The van der Waals surface area contributed by atoms with Gasteiger partial charge in [-0.15, -0.1) is 0 Å². The number of aromatic nitrogens is 1. The highest BCUT2D eigenvalue weighted by atomic mass is 16.3. The van der Waals surface area contributed by atoms with Gasteiger partial charge in [0.05, 0.1) is 6.10 Å². The molecule has 1 heterocycles. The third-order valence-corrected chi connectivity index (χ3v) is 3.19. The third-order valence-electron chi connectivity index (χ3n) is 3.19. The van der Waals surface area contributed by atoms with Crippen molar-refractivity contribution in [3.05, 3.63) is 66.0 Å². The van der Waals surface area contributed by atoms with Crippen molar-refractivity contribution < 1.29 is 5.11 Å². The lowest BCUT2D eigenvalue weighted by Crippen LogP contribution is -2.14. The summed E-state index contributed by atoms with van der Waals surface area (Å²) in [6.45, 7) is 2.15. The van der Waals surface area contributed by atoms with Gasteiger partial charge in [0.25, 0.3) is 0 Å². The van der Waals surface area contributed by atoms with E-state index in [9.17, 15) is 5.11 Å². The Morgan fingerprint density at radius 2 is 1.89 bits per heavy atom. The van der Waals surface area contributed by atoms with Gasteiger partial charge in [-0.2, -0.15) is 0 Å². The Bertz CT molecular complexity index is 455. The second-order valence-electron chi connectivity index (χ2n) is 4.77. The lowest BCUT2D eigenvalue weighted by Gasteiger charge is -2.16. The van der Waals surface area contributed by atoms with Gasteiger partial charge in [-0.3, -0.25) is 4.98 Å². The van der Waals surface area contributed by atoms with Crippen LogP contribution in [-0.4, -0.2) is 16.2 Å². The normalized spacial score (nSPS) is 14.1. The number of nitrogens with zero attached hydrogens (tertiary/aromatic N) is 1. The van der Waals surface area contributed by atoms with Crippen LogP contribution < -0.4 is 0 Å². The maximum absolute atomic E-state index is 10.1. The van der Waals surface area contributed by atoms with Crippen LogP contribution in [-0.2, 0) is 6.42 Å². The summed E-state index contributed by atoms with van der Waals surface area (Å²) in [7, 11) is 0. The molecule has 0 radical (unpaired) electrons. The van der Waals surface area contributed by atoms with E-state index < -0.39 is 0 Å². The first-order chi connectivity index (χ1) is 8.75. The number of benzene rings is 1. The first kappa shape index (κ1) is 12.8. The van der Waals surface area contributed by atoms with Crippen LogP contribution in [0.1, 0.15) is 30.4 Å². The van der Waals surface area contributed by atoms with E-state index in [1.54, 1.807) is 6.20 Å². The summed E-state index contributed by atoms with van der Waals surface area (Å²) in [4.78, 5) is 4.06. The molecule has 18 heavy (non-hydrogen) atoms. The molecule has 0 aliphatic heterocycles. The van der Waals surface area contributed by atoms with Crippen LogP contribution in [0.2, 0.25) is 0 Å². The molecule has 0 bridgehead atoms. The van der Waals surface area contributed by atoms with Gasteiger partial charge < -0.3 is 5.11 Å². The minimum Gasteiger partial charge on any atom is -0.393 e. The molecule has 1 N–H and O–H groups in total. The molecule has 1 aromatic carbocycles. The van der Waals surface area contributed by atoms with E-state index in [4.69, 9.17) is 0 Å². The van der Waals surface area contributed by atoms with Crippen LogP contribution >= 0.6 is 0 Å². The molecular weight excluding hydrogens is 222 g/mol. The van der Waals surface area contributed by atoms with E-state index >= 15 is 0 Å². The Hall–Kier alpha value is -1.67. The zero-order chi connectivity index (χ0) is 12.8. The minimum absolute atomic E-state index is 0.315. The average Bonchev–Trinajstić information content (AvgIpc) is 2.40. The smallest absolute Gasteiger partial charge is 0.0586 e. The lowest BCUT2D eigenvalue weighted by molar-refractivity contribution is 0.157. The summed E-state index contributed by atoms with van der Waals surface area (Å²) >= 11 is 0. The average molecular weight is 241 g/mol. The van der Waals surface area contributed by atoms with Crippen molar-refractivity contribution in [3.8, 4) is 0 Å². The topological polar surface area (TPSA) is 33.1 Å². The third kappa shape index (κ3) is 3.67. The predicted molar refractivity (Wildman–Crippen MR) is 73.4 cm³/mol. The van der Waals surface area contributed by atoms with Gasteiger partial charge in [0, 0.05) is 12.4 Å². The molecule has 0 aliphatic rings. The molecule has 2 atom stereocenters. The fourth-order valence-corrected chi connectivity index (χ4v) is 2.20. The number of aliphatic hydroxyl groups excluding tert-OH is 1. The Labute approximate surface area is 108 Å². The zero-order valence-corrected chi connectivity index (χ0v) is 10.7. The standard InChI is InChI=1S/C16H19NO/c1-13(15-7-3-2-4-8-15)10-16(18)11-14-6-5-9-17-12-14/h2-9,12-13,16,18H,10-11H2,1H3. The molecule has 2 rings (SSSR count). The van der Waals surface area contributed by atoms with Crippen molar-refractivity contribution in [1.82, 2.24) is 4.98 Å². The lowest BCUT2D eigenvalue weighted by atomic mass is 9.93. The Balaban J connectivity index is 1.90. The highest BCUT2D eigenvalue weighted by Gasteiger charge is 2.12. The fourth-order valence-electron chi connectivity index (χ4n) is 2.20. The molecule has 0 aliphatic carbocycles. The summed E-state index contributed by atoms with van der Waals surface area (Å²) in [5.74, 6) is 0.373. The van der Waals surface area contributed by atoms with E-state index in [1.807, 2.05) is 36.5 Å². The second-order valence-corrected chi connectivity index (χ2v) is 4.77. The molecule has 0 fully saturated rings. The fraction of sp³-hybridized carbons (Fsp3) is 0.312. The molecule has 2 unspecified atom stereocenters. The molecule has 0 spiro atoms. The van der Waals surface area contributed by atoms with Gasteiger partial charge in [-0.25, -0.2) is 0 Å². The van der Waals surface area contributed by atoms with Gasteiger partial charge in [-0.1, -0.05) is 43.3 Å². The Kier molecular flexibility index (Phi) is 4.48. The predicted octanol–water partition coefficient (Wildman–Crippen LogP) is 3.18. The number of pyridine rings is 1. The number of hydrogen-bond donors (Lipinski definition) is 1. The molecule has 1 aromatic heterocycles. The van der Waals surface area contributed by atoms with E-state index in [2.05, 4.69) is 24.0 Å². The zero-order valence-electron chi connectivity index (χ0n) is 10.7. The summed E-state index contributed by atoms with van der Waals surface area (Å²) in [6, 6.07) is 14.2. The molecule has 94 valence electrons. The van der Waals surface area contributed by atoms with Crippen LogP contribution in [0.3, 0.4) is 0 Å². The van der Waals surface area contributed by atoms with E-state index in [0.717, 1.165) is 12.0 Å². The maximum atomic E-state index is 10.1. The summed E-state index contributed by atoms with van der Waals surface area (Å²) in [5, 5.41) is 10.1. The number of rotatable bonds is 5. The van der Waals surface area contributed by atoms with Gasteiger partial charge >= 0.3 is 0 Å². The quantitative estimate of drug-likeness (QED) is 0.872. The van der Waals surface area contributed by atoms with Crippen LogP contribution in [0.25, 0.3) is 0 Å². The highest BCUT2D eigenvalue weighted by Crippen LogP contribution is 2.21. The maximum Gasteiger partial charge on any atom is 0.0586 e. The SMILES string of the molecule is CC(CC(O)Cc1cccnc1)c1ccccc1. The van der Waals surface area contributed by atoms with Crippen LogP contribution in [0.4, 0.5) is 0 Å². The number of aliphatic hydroxyl groups is 1. The molecule has 0 amide bonds. The number of hydrogen-bond acceptors (Lipinski definition) is 2. The van der Waals surface area contributed by atoms with Gasteiger partial charge in [0.15, 0.2) is 0 Å². The monoisotopic (exact) mass is 241 g/mol. The van der Waals surface area contributed by atoms with Crippen LogP contribution in [0.5, 0.6) is 0 Å². The molecule has 0 saturated carbocycles. The van der Waals surface area contributed by atoms with Crippen LogP contribution in [0.15, 0.2) is 54.9 Å². The van der Waals surface area contributed by atoms with Crippen molar-refractivity contribution in [1.29, 1.82) is 0 Å².